The van der Waals surface area contributed by atoms with E-state index in [1.807, 2.05) is 30.3 Å². The van der Waals surface area contributed by atoms with Crippen molar-refractivity contribution in [3.8, 4) is 5.69 Å². The van der Waals surface area contributed by atoms with Gasteiger partial charge in [-0.3, -0.25) is 0 Å². The molecule has 3 aromatic rings. The van der Waals surface area contributed by atoms with E-state index in [1.165, 1.54) is 16.4 Å². The van der Waals surface area contributed by atoms with Crippen molar-refractivity contribution in [1.29, 1.82) is 0 Å². The normalized spacial score (nSPS) is 10.8. The first-order valence-corrected chi connectivity index (χ1v) is 8.61. The van der Waals surface area contributed by atoms with Crippen LogP contribution >= 0.6 is 35.0 Å². The Kier molecular flexibility index (Phi) is 5.08. The molecule has 1 aromatic heterocycles. The number of carboxylic acid groups (broad SMARTS) is 1. The summed E-state index contributed by atoms with van der Waals surface area (Å²) in [5, 5.41) is 17.9. The van der Waals surface area contributed by atoms with Gasteiger partial charge >= 0.3 is 5.97 Å². The summed E-state index contributed by atoms with van der Waals surface area (Å²) in [4.78, 5) is 12.5. The van der Waals surface area contributed by atoms with Gasteiger partial charge in [-0.25, -0.2) is 9.48 Å². The second-order valence-corrected chi connectivity index (χ2v) is 6.69. The lowest BCUT2D eigenvalue weighted by Crippen LogP contribution is -2.06. The maximum atomic E-state index is 11.4. The van der Waals surface area contributed by atoms with E-state index < -0.39 is 5.97 Å². The molecule has 0 atom stereocenters. The molecule has 122 valence electrons. The van der Waals surface area contributed by atoms with E-state index in [1.54, 1.807) is 18.2 Å². The van der Waals surface area contributed by atoms with Crippen LogP contribution in [0.2, 0.25) is 10.0 Å². The molecule has 2 aromatic carbocycles. The molecule has 0 aliphatic rings. The number of carboxylic acids is 1. The quantitative estimate of drug-likeness (QED) is 0.657. The number of aromatic carboxylic acids is 1. The molecule has 1 heterocycles. The summed E-state index contributed by atoms with van der Waals surface area (Å²) in [5.41, 5.74) is 0.898. The molecule has 1 N–H and O–H groups in total. The molecule has 3 rings (SSSR count). The predicted molar refractivity (Wildman–Crippen MR) is 94.3 cm³/mol. The lowest BCUT2D eigenvalue weighted by atomic mass is 10.3. The number of carbonyl (C=O) groups is 1. The molecule has 24 heavy (non-hydrogen) atoms. The minimum absolute atomic E-state index is 0.0931. The molecule has 0 saturated carbocycles. The molecular formula is C16H11Cl2N3O2S. The zero-order valence-electron chi connectivity index (χ0n) is 12.2. The van der Waals surface area contributed by atoms with Gasteiger partial charge in [-0.15, -0.1) is 16.9 Å². The summed E-state index contributed by atoms with van der Waals surface area (Å²) in [6.07, 6.45) is 0. The third kappa shape index (κ3) is 3.56. The van der Waals surface area contributed by atoms with Gasteiger partial charge in [0.25, 0.3) is 0 Å². The highest BCUT2D eigenvalue weighted by molar-refractivity contribution is 7.98. The molecule has 5 nitrogen and oxygen atoms in total. The van der Waals surface area contributed by atoms with Crippen molar-refractivity contribution >= 4 is 40.9 Å². The molecule has 0 fully saturated rings. The van der Waals surface area contributed by atoms with Crippen molar-refractivity contribution in [3.05, 3.63) is 70.0 Å². The largest absolute Gasteiger partial charge is 0.476 e. The number of halogens is 2. The van der Waals surface area contributed by atoms with Crippen molar-refractivity contribution in [1.82, 2.24) is 15.0 Å². The smallest absolute Gasteiger partial charge is 0.358 e. The average molecular weight is 380 g/mol. The van der Waals surface area contributed by atoms with Crippen LogP contribution in [0.25, 0.3) is 5.69 Å². The Labute approximate surface area is 152 Å². The standard InChI is InChI=1S/C16H11Cl2N3O2S/c17-10-6-7-13(12(18)8-10)21-14(15(16(22)23)19-20-21)9-24-11-4-2-1-3-5-11/h1-8H,9H2,(H,22,23). The highest BCUT2D eigenvalue weighted by atomic mass is 35.5. The van der Waals surface area contributed by atoms with Crippen LogP contribution in [0.4, 0.5) is 0 Å². The molecular weight excluding hydrogens is 369 g/mol. The first-order valence-electron chi connectivity index (χ1n) is 6.87. The fourth-order valence-electron chi connectivity index (χ4n) is 2.11. The monoisotopic (exact) mass is 379 g/mol. The second kappa shape index (κ2) is 7.25. The van der Waals surface area contributed by atoms with E-state index in [2.05, 4.69) is 10.3 Å². The van der Waals surface area contributed by atoms with Crippen molar-refractivity contribution in [2.75, 3.05) is 0 Å². The van der Waals surface area contributed by atoms with Crippen molar-refractivity contribution in [2.45, 2.75) is 10.6 Å². The van der Waals surface area contributed by atoms with Gasteiger partial charge < -0.3 is 5.11 Å². The Morgan fingerprint density at radius 2 is 1.92 bits per heavy atom. The van der Waals surface area contributed by atoms with E-state index in [9.17, 15) is 9.90 Å². The van der Waals surface area contributed by atoms with Gasteiger partial charge in [-0.2, -0.15) is 0 Å². The Morgan fingerprint density at radius 3 is 2.58 bits per heavy atom. The van der Waals surface area contributed by atoms with Crippen LogP contribution in [0.1, 0.15) is 16.2 Å². The third-order valence-corrected chi connectivity index (χ3v) is 4.78. The van der Waals surface area contributed by atoms with Crippen molar-refractivity contribution in [3.63, 3.8) is 0 Å². The third-order valence-electron chi connectivity index (χ3n) is 3.22. The van der Waals surface area contributed by atoms with E-state index in [0.717, 1.165) is 4.90 Å². The van der Waals surface area contributed by atoms with Gasteiger partial charge in [0.05, 0.1) is 16.4 Å². The Bertz CT molecular complexity index is 884. The summed E-state index contributed by atoms with van der Waals surface area (Å²) >= 11 is 13.6. The average Bonchev–Trinajstić information content (AvgIpc) is 2.98. The van der Waals surface area contributed by atoms with E-state index in [-0.39, 0.29) is 5.69 Å². The number of aromatic nitrogens is 3. The van der Waals surface area contributed by atoms with Gasteiger partial charge in [0.2, 0.25) is 0 Å². The Morgan fingerprint density at radius 1 is 1.17 bits per heavy atom. The zero-order valence-corrected chi connectivity index (χ0v) is 14.5. The first kappa shape index (κ1) is 16.8. The molecule has 0 unspecified atom stereocenters. The molecule has 0 saturated heterocycles. The lowest BCUT2D eigenvalue weighted by molar-refractivity contribution is 0.0689. The van der Waals surface area contributed by atoms with Gasteiger partial charge in [0, 0.05) is 15.7 Å². The summed E-state index contributed by atoms with van der Waals surface area (Å²) in [7, 11) is 0. The van der Waals surface area contributed by atoms with Crippen molar-refractivity contribution < 1.29 is 9.90 Å². The summed E-state index contributed by atoms with van der Waals surface area (Å²) in [6, 6.07) is 14.6. The van der Waals surface area contributed by atoms with Crippen LogP contribution in [-0.4, -0.2) is 26.1 Å². The molecule has 0 aliphatic heterocycles. The second-order valence-electron chi connectivity index (χ2n) is 4.80. The van der Waals surface area contributed by atoms with Crippen LogP contribution in [0, 0.1) is 0 Å². The van der Waals surface area contributed by atoms with Crippen LogP contribution in [-0.2, 0) is 5.75 Å². The molecule has 0 radical (unpaired) electrons. The number of thioether (sulfide) groups is 1. The van der Waals surface area contributed by atoms with Gasteiger partial charge in [0.1, 0.15) is 0 Å². The minimum atomic E-state index is -1.13. The SMILES string of the molecule is O=C(O)c1nnn(-c2ccc(Cl)cc2Cl)c1CSc1ccccc1. The van der Waals surface area contributed by atoms with Crippen LogP contribution in [0.15, 0.2) is 53.4 Å². The minimum Gasteiger partial charge on any atom is -0.476 e. The molecule has 8 heteroatoms. The van der Waals surface area contributed by atoms with Crippen LogP contribution in [0.3, 0.4) is 0 Å². The van der Waals surface area contributed by atoms with Gasteiger partial charge in [-0.1, -0.05) is 46.6 Å². The van der Waals surface area contributed by atoms with Crippen molar-refractivity contribution in [2.24, 2.45) is 0 Å². The predicted octanol–water partition coefficient (Wildman–Crippen LogP) is 4.56. The van der Waals surface area contributed by atoms with E-state index in [0.29, 0.717) is 27.2 Å². The number of nitrogens with zero attached hydrogens (tertiary/aromatic N) is 3. The van der Waals surface area contributed by atoms with E-state index >= 15 is 0 Å². The number of hydrogen-bond acceptors (Lipinski definition) is 4. The maximum absolute atomic E-state index is 11.4. The highest BCUT2D eigenvalue weighted by Crippen LogP contribution is 2.29. The van der Waals surface area contributed by atoms with Gasteiger partial charge in [0.15, 0.2) is 5.69 Å². The number of rotatable bonds is 5. The summed E-state index contributed by atoms with van der Waals surface area (Å²) in [6.45, 7) is 0. The fraction of sp³-hybridized carbons (Fsp3) is 0.0625. The molecule has 0 bridgehead atoms. The van der Waals surface area contributed by atoms with E-state index in [4.69, 9.17) is 23.2 Å². The van der Waals surface area contributed by atoms with Crippen LogP contribution in [0.5, 0.6) is 0 Å². The Hall–Kier alpha value is -2.02. The Balaban J connectivity index is 1.99. The maximum Gasteiger partial charge on any atom is 0.358 e. The summed E-state index contributed by atoms with van der Waals surface area (Å²) in [5.74, 6) is -0.743. The van der Waals surface area contributed by atoms with Gasteiger partial charge in [-0.05, 0) is 30.3 Å². The number of hydrogen-bond donors (Lipinski definition) is 1. The highest BCUT2D eigenvalue weighted by Gasteiger charge is 2.21. The molecule has 0 amide bonds. The molecule has 0 aliphatic carbocycles. The first-order chi connectivity index (χ1) is 11.6. The fourth-order valence-corrected chi connectivity index (χ4v) is 3.51. The van der Waals surface area contributed by atoms with Crippen LogP contribution < -0.4 is 0 Å². The molecule has 0 spiro atoms. The lowest BCUT2D eigenvalue weighted by Gasteiger charge is -2.09. The number of benzene rings is 2. The zero-order chi connectivity index (χ0) is 17.1. The summed E-state index contributed by atoms with van der Waals surface area (Å²) < 4.78 is 1.44. The topological polar surface area (TPSA) is 68.0 Å².